The molecule has 2 atom stereocenters. The molecule has 0 aromatic heterocycles. The van der Waals surface area contributed by atoms with Gasteiger partial charge in [0.25, 0.3) is 0 Å². The minimum absolute atomic E-state index is 0.0843. The summed E-state index contributed by atoms with van der Waals surface area (Å²) >= 11 is 0. The van der Waals surface area contributed by atoms with E-state index in [1.165, 1.54) is 26.2 Å². The van der Waals surface area contributed by atoms with Crippen LogP contribution in [0.5, 0.6) is 17.2 Å². The number of aliphatic hydroxyl groups is 1. The predicted molar refractivity (Wildman–Crippen MR) is 115 cm³/mol. The van der Waals surface area contributed by atoms with E-state index in [0.717, 1.165) is 5.56 Å². The molecule has 2 aromatic rings. The van der Waals surface area contributed by atoms with Crippen LogP contribution < -0.4 is 24.8 Å². The standard InChI is InChI=1S/C22H27N3O6/c1-29-18-9-14(10-19(30-2)20(18)31-3)12-23-21(27)17-11-16(26)13-25(17)22(28)24-15-7-5-4-6-8-15/h4-10,16-17,26H,11-13H2,1-3H3,(H,23,27)(H,24,28)/t16-,17-/m1/s1. The van der Waals surface area contributed by atoms with Gasteiger partial charge in [-0.25, -0.2) is 4.79 Å². The fourth-order valence-electron chi connectivity index (χ4n) is 3.55. The van der Waals surface area contributed by atoms with Gasteiger partial charge in [-0.2, -0.15) is 0 Å². The number of ether oxygens (including phenoxy) is 3. The van der Waals surface area contributed by atoms with Crippen LogP contribution in [-0.4, -0.2) is 62.0 Å². The van der Waals surface area contributed by atoms with Crippen molar-refractivity contribution in [3.05, 3.63) is 48.0 Å². The number of anilines is 1. The second-order valence-electron chi connectivity index (χ2n) is 7.11. The first-order chi connectivity index (χ1) is 15.0. The molecule has 9 nitrogen and oxygen atoms in total. The van der Waals surface area contributed by atoms with Gasteiger partial charge < -0.3 is 34.9 Å². The minimum Gasteiger partial charge on any atom is -0.493 e. The first-order valence-corrected chi connectivity index (χ1v) is 9.84. The molecular formula is C22H27N3O6. The Morgan fingerprint density at radius 1 is 1.06 bits per heavy atom. The summed E-state index contributed by atoms with van der Waals surface area (Å²) in [5.41, 5.74) is 1.35. The van der Waals surface area contributed by atoms with Crippen molar-refractivity contribution in [2.24, 2.45) is 0 Å². The van der Waals surface area contributed by atoms with Crippen molar-refractivity contribution in [3.63, 3.8) is 0 Å². The molecule has 1 aliphatic heterocycles. The molecule has 3 amide bonds. The van der Waals surface area contributed by atoms with Gasteiger partial charge >= 0.3 is 6.03 Å². The van der Waals surface area contributed by atoms with Gasteiger partial charge in [-0.15, -0.1) is 0 Å². The number of carbonyl (C=O) groups is 2. The molecule has 1 heterocycles. The third-order valence-electron chi connectivity index (χ3n) is 5.06. The highest BCUT2D eigenvalue weighted by Gasteiger charge is 2.39. The maximum Gasteiger partial charge on any atom is 0.322 e. The highest BCUT2D eigenvalue weighted by Crippen LogP contribution is 2.38. The molecule has 0 aliphatic carbocycles. The maximum atomic E-state index is 12.8. The molecular weight excluding hydrogens is 402 g/mol. The number of nitrogens with zero attached hydrogens (tertiary/aromatic N) is 1. The van der Waals surface area contributed by atoms with E-state index in [1.807, 2.05) is 6.07 Å². The first-order valence-electron chi connectivity index (χ1n) is 9.84. The van der Waals surface area contributed by atoms with Crippen LogP contribution in [0.2, 0.25) is 0 Å². The third-order valence-corrected chi connectivity index (χ3v) is 5.06. The van der Waals surface area contributed by atoms with Crippen LogP contribution in [0.25, 0.3) is 0 Å². The smallest absolute Gasteiger partial charge is 0.322 e. The molecule has 31 heavy (non-hydrogen) atoms. The number of likely N-dealkylation sites (tertiary alicyclic amines) is 1. The summed E-state index contributed by atoms with van der Waals surface area (Å²) in [6, 6.07) is 11.2. The van der Waals surface area contributed by atoms with E-state index in [0.29, 0.717) is 22.9 Å². The van der Waals surface area contributed by atoms with Crippen molar-refractivity contribution < 1.29 is 28.9 Å². The Balaban J connectivity index is 1.68. The molecule has 9 heteroatoms. The molecule has 3 N–H and O–H groups in total. The lowest BCUT2D eigenvalue weighted by Gasteiger charge is -2.24. The number of methoxy groups -OCH3 is 3. The number of para-hydroxylation sites is 1. The SMILES string of the molecule is COc1cc(CNC(=O)[C@H]2C[C@@H](O)CN2C(=O)Nc2ccccc2)cc(OC)c1OC. The summed E-state index contributed by atoms with van der Waals surface area (Å²) in [6.07, 6.45) is -0.595. The monoisotopic (exact) mass is 429 g/mol. The Morgan fingerprint density at radius 3 is 2.29 bits per heavy atom. The van der Waals surface area contributed by atoms with Crippen molar-refractivity contribution >= 4 is 17.6 Å². The zero-order valence-electron chi connectivity index (χ0n) is 17.8. The number of hydrogen-bond donors (Lipinski definition) is 3. The second-order valence-corrected chi connectivity index (χ2v) is 7.11. The number of carbonyl (C=O) groups excluding carboxylic acids is 2. The summed E-state index contributed by atoms with van der Waals surface area (Å²) in [4.78, 5) is 26.8. The molecule has 1 saturated heterocycles. The molecule has 0 bridgehead atoms. The number of nitrogens with one attached hydrogen (secondary N) is 2. The van der Waals surface area contributed by atoms with E-state index in [-0.39, 0.29) is 25.4 Å². The zero-order valence-corrected chi connectivity index (χ0v) is 17.8. The van der Waals surface area contributed by atoms with Crippen molar-refractivity contribution in [1.29, 1.82) is 0 Å². The molecule has 0 spiro atoms. The maximum absolute atomic E-state index is 12.8. The van der Waals surface area contributed by atoms with E-state index in [1.54, 1.807) is 36.4 Å². The summed E-state index contributed by atoms with van der Waals surface area (Å²) in [5.74, 6) is 1.06. The predicted octanol–water partition coefficient (Wildman–Crippen LogP) is 2.00. The zero-order chi connectivity index (χ0) is 22.4. The number of benzene rings is 2. The average molecular weight is 429 g/mol. The Hall–Kier alpha value is -3.46. The van der Waals surface area contributed by atoms with E-state index < -0.39 is 18.2 Å². The number of aliphatic hydroxyl groups excluding tert-OH is 1. The number of amides is 3. The van der Waals surface area contributed by atoms with Crippen LogP contribution in [0.1, 0.15) is 12.0 Å². The van der Waals surface area contributed by atoms with Gasteiger partial charge in [0, 0.05) is 25.2 Å². The summed E-state index contributed by atoms with van der Waals surface area (Å²) in [7, 11) is 4.55. The van der Waals surface area contributed by atoms with Crippen LogP contribution in [0, 0.1) is 0 Å². The van der Waals surface area contributed by atoms with E-state index in [2.05, 4.69) is 10.6 Å². The molecule has 166 valence electrons. The first kappa shape index (κ1) is 22.2. The molecule has 1 fully saturated rings. The van der Waals surface area contributed by atoms with Crippen molar-refractivity contribution in [2.75, 3.05) is 33.2 Å². The highest BCUT2D eigenvalue weighted by molar-refractivity contribution is 5.94. The topological polar surface area (TPSA) is 109 Å². The normalized spacial score (nSPS) is 17.7. The van der Waals surface area contributed by atoms with Crippen LogP contribution in [-0.2, 0) is 11.3 Å². The summed E-state index contributed by atoms with van der Waals surface area (Å²) < 4.78 is 16.0. The number of β-amino-alcohol motifs (C(OH)–C–C–N with tert-alkyl or cyclic N) is 1. The summed E-state index contributed by atoms with van der Waals surface area (Å²) in [6.45, 7) is 0.275. The van der Waals surface area contributed by atoms with Crippen LogP contribution in [0.3, 0.4) is 0 Å². The van der Waals surface area contributed by atoms with E-state index in [9.17, 15) is 14.7 Å². The third kappa shape index (κ3) is 5.18. The van der Waals surface area contributed by atoms with Gasteiger partial charge in [0.15, 0.2) is 11.5 Å². The van der Waals surface area contributed by atoms with Gasteiger partial charge in [-0.3, -0.25) is 4.79 Å². The van der Waals surface area contributed by atoms with Gasteiger partial charge in [0.1, 0.15) is 6.04 Å². The quantitative estimate of drug-likeness (QED) is 0.621. The number of urea groups is 1. The van der Waals surface area contributed by atoms with Crippen LogP contribution in [0.4, 0.5) is 10.5 Å². The summed E-state index contributed by atoms with van der Waals surface area (Å²) in [5, 5.41) is 15.6. The molecule has 1 aliphatic rings. The fourth-order valence-corrected chi connectivity index (χ4v) is 3.55. The highest BCUT2D eigenvalue weighted by atomic mass is 16.5. The molecule has 0 saturated carbocycles. The molecule has 2 aromatic carbocycles. The molecule has 3 rings (SSSR count). The molecule has 0 radical (unpaired) electrons. The van der Waals surface area contributed by atoms with E-state index >= 15 is 0 Å². The molecule has 0 unspecified atom stereocenters. The van der Waals surface area contributed by atoms with Crippen LogP contribution in [0.15, 0.2) is 42.5 Å². The lowest BCUT2D eigenvalue weighted by molar-refractivity contribution is -0.124. The number of rotatable bonds is 7. The Bertz CT molecular complexity index is 896. The number of hydrogen-bond acceptors (Lipinski definition) is 6. The van der Waals surface area contributed by atoms with Crippen molar-refractivity contribution in [2.45, 2.75) is 25.1 Å². The van der Waals surface area contributed by atoms with Gasteiger partial charge in [0.2, 0.25) is 11.7 Å². The van der Waals surface area contributed by atoms with E-state index in [4.69, 9.17) is 14.2 Å². The van der Waals surface area contributed by atoms with Gasteiger partial charge in [0.05, 0.1) is 27.4 Å². The Labute approximate surface area is 180 Å². The largest absolute Gasteiger partial charge is 0.493 e. The van der Waals surface area contributed by atoms with Gasteiger partial charge in [-0.1, -0.05) is 18.2 Å². The average Bonchev–Trinajstić information content (AvgIpc) is 3.19. The van der Waals surface area contributed by atoms with Gasteiger partial charge in [-0.05, 0) is 29.8 Å². The Morgan fingerprint density at radius 2 is 1.71 bits per heavy atom. The lowest BCUT2D eigenvalue weighted by Crippen LogP contribution is -2.47. The second kappa shape index (κ2) is 10.0. The van der Waals surface area contributed by atoms with Crippen molar-refractivity contribution in [1.82, 2.24) is 10.2 Å². The van der Waals surface area contributed by atoms with Crippen molar-refractivity contribution in [3.8, 4) is 17.2 Å². The minimum atomic E-state index is -0.777. The Kier molecular flexibility index (Phi) is 7.19. The fraction of sp³-hybridized carbons (Fsp3) is 0.364. The van der Waals surface area contributed by atoms with Crippen LogP contribution >= 0.6 is 0 Å². The lowest BCUT2D eigenvalue weighted by atomic mass is 10.1.